The van der Waals surface area contributed by atoms with Crippen molar-refractivity contribution in [2.45, 2.75) is 25.3 Å². The summed E-state index contributed by atoms with van der Waals surface area (Å²) in [5, 5.41) is 12.2. The first-order valence-corrected chi connectivity index (χ1v) is 4.26. The zero-order chi connectivity index (χ0) is 8.16. The molecule has 0 saturated heterocycles. The summed E-state index contributed by atoms with van der Waals surface area (Å²) in [6.45, 7) is 4.62. The molecule has 2 N–H and O–H groups in total. The highest BCUT2D eigenvalue weighted by Crippen LogP contribution is 2.34. The lowest BCUT2D eigenvalue weighted by Crippen LogP contribution is -2.37. The summed E-state index contributed by atoms with van der Waals surface area (Å²) in [5.41, 5.74) is 0.0666. The van der Waals surface area contributed by atoms with Crippen LogP contribution in [-0.2, 0) is 4.74 Å². The molecular weight excluding hydrogens is 142 g/mol. The molecule has 0 heterocycles. The van der Waals surface area contributed by atoms with Gasteiger partial charge in [0.05, 0.1) is 13.2 Å². The summed E-state index contributed by atoms with van der Waals surface area (Å²) in [5.74, 6) is 0. The number of ether oxygens (including phenoxy) is 1. The second kappa shape index (κ2) is 4.04. The Bertz CT molecular complexity index is 113. The van der Waals surface area contributed by atoms with E-state index in [-0.39, 0.29) is 12.1 Å². The van der Waals surface area contributed by atoms with Crippen LogP contribution in [0, 0.1) is 0 Å². The van der Waals surface area contributed by atoms with Gasteiger partial charge in [0.15, 0.2) is 0 Å². The molecule has 1 rings (SSSR count). The largest absolute Gasteiger partial charge is 0.394 e. The smallest absolute Gasteiger partial charge is 0.0613 e. The van der Waals surface area contributed by atoms with E-state index in [1.807, 2.05) is 6.92 Å². The number of aliphatic hydroxyl groups excluding tert-OH is 1. The van der Waals surface area contributed by atoms with Gasteiger partial charge in [-0.15, -0.1) is 0 Å². The van der Waals surface area contributed by atoms with Crippen LogP contribution in [0.3, 0.4) is 0 Å². The molecule has 0 aromatic carbocycles. The predicted molar refractivity (Wildman–Crippen MR) is 43.5 cm³/mol. The summed E-state index contributed by atoms with van der Waals surface area (Å²) >= 11 is 0. The first-order chi connectivity index (χ1) is 5.33. The zero-order valence-electron chi connectivity index (χ0n) is 7.10. The molecule has 0 spiro atoms. The third-order valence-corrected chi connectivity index (χ3v) is 2.11. The Morgan fingerprint density at radius 1 is 1.55 bits per heavy atom. The van der Waals surface area contributed by atoms with Crippen LogP contribution in [-0.4, -0.2) is 37.0 Å². The van der Waals surface area contributed by atoms with Crippen molar-refractivity contribution in [2.24, 2.45) is 0 Å². The van der Waals surface area contributed by atoms with Crippen LogP contribution in [0.5, 0.6) is 0 Å². The number of rotatable bonds is 6. The third kappa shape index (κ3) is 2.77. The predicted octanol–water partition coefficient (Wildman–Crippen LogP) is 0.137. The SMILES string of the molecule is CCOCCNC1(CO)CC1. The van der Waals surface area contributed by atoms with E-state index in [0.717, 1.165) is 32.6 Å². The fraction of sp³-hybridized carbons (Fsp3) is 1.00. The van der Waals surface area contributed by atoms with Crippen LogP contribution < -0.4 is 5.32 Å². The highest BCUT2D eigenvalue weighted by molar-refractivity contribution is 5.01. The molecule has 0 aromatic rings. The van der Waals surface area contributed by atoms with E-state index in [9.17, 15) is 0 Å². The van der Waals surface area contributed by atoms with Crippen molar-refractivity contribution in [3.8, 4) is 0 Å². The molecular formula is C8H17NO2. The van der Waals surface area contributed by atoms with Crippen LogP contribution in [0.2, 0.25) is 0 Å². The molecule has 0 bridgehead atoms. The Morgan fingerprint density at radius 3 is 2.73 bits per heavy atom. The minimum atomic E-state index is 0.0666. The van der Waals surface area contributed by atoms with Gasteiger partial charge in [0.2, 0.25) is 0 Å². The first-order valence-electron chi connectivity index (χ1n) is 4.26. The topological polar surface area (TPSA) is 41.5 Å². The van der Waals surface area contributed by atoms with E-state index in [1.165, 1.54) is 0 Å². The molecule has 0 atom stereocenters. The zero-order valence-corrected chi connectivity index (χ0v) is 7.10. The molecule has 0 aliphatic heterocycles. The molecule has 1 saturated carbocycles. The Labute approximate surface area is 67.7 Å². The second-order valence-electron chi connectivity index (χ2n) is 3.06. The van der Waals surface area contributed by atoms with Gasteiger partial charge < -0.3 is 15.2 Å². The third-order valence-electron chi connectivity index (χ3n) is 2.11. The Kier molecular flexibility index (Phi) is 3.30. The van der Waals surface area contributed by atoms with Gasteiger partial charge >= 0.3 is 0 Å². The Morgan fingerprint density at radius 2 is 2.27 bits per heavy atom. The normalized spacial score (nSPS) is 20.2. The molecule has 0 radical (unpaired) electrons. The number of hydrogen-bond donors (Lipinski definition) is 2. The van der Waals surface area contributed by atoms with Crippen molar-refractivity contribution < 1.29 is 9.84 Å². The Balaban J connectivity index is 1.94. The number of aliphatic hydroxyl groups is 1. The van der Waals surface area contributed by atoms with Gasteiger partial charge in [0.1, 0.15) is 0 Å². The van der Waals surface area contributed by atoms with Gasteiger partial charge in [-0.3, -0.25) is 0 Å². The minimum Gasteiger partial charge on any atom is -0.394 e. The van der Waals surface area contributed by atoms with Crippen LogP contribution in [0.1, 0.15) is 19.8 Å². The summed E-state index contributed by atoms with van der Waals surface area (Å²) in [6.07, 6.45) is 2.21. The standard InChI is InChI=1S/C8H17NO2/c1-2-11-6-5-9-8(7-10)3-4-8/h9-10H,2-7H2,1H3. The van der Waals surface area contributed by atoms with E-state index < -0.39 is 0 Å². The molecule has 1 fully saturated rings. The van der Waals surface area contributed by atoms with Gasteiger partial charge in [0.25, 0.3) is 0 Å². The van der Waals surface area contributed by atoms with Crippen LogP contribution in [0.4, 0.5) is 0 Å². The maximum Gasteiger partial charge on any atom is 0.0613 e. The average molecular weight is 159 g/mol. The molecule has 1 aliphatic carbocycles. The Hall–Kier alpha value is -0.120. The van der Waals surface area contributed by atoms with Crippen molar-refractivity contribution in [3.05, 3.63) is 0 Å². The second-order valence-corrected chi connectivity index (χ2v) is 3.06. The summed E-state index contributed by atoms with van der Waals surface area (Å²) in [4.78, 5) is 0. The average Bonchev–Trinajstić information content (AvgIpc) is 2.80. The van der Waals surface area contributed by atoms with Gasteiger partial charge in [-0.05, 0) is 19.8 Å². The van der Waals surface area contributed by atoms with Gasteiger partial charge in [-0.1, -0.05) is 0 Å². The van der Waals surface area contributed by atoms with Crippen LogP contribution >= 0.6 is 0 Å². The number of hydrogen-bond acceptors (Lipinski definition) is 3. The maximum atomic E-state index is 8.91. The van der Waals surface area contributed by atoms with Crippen LogP contribution in [0.25, 0.3) is 0 Å². The quantitative estimate of drug-likeness (QED) is 0.542. The van der Waals surface area contributed by atoms with Crippen LogP contribution in [0.15, 0.2) is 0 Å². The summed E-state index contributed by atoms with van der Waals surface area (Å²) < 4.78 is 5.16. The van der Waals surface area contributed by atoms with E-state index >= 15 is 0 Å². The fourth-order valence-electron chi connectivity index (χ4n) is 1.07. The highest BCUT2D eigenvalue weighted by atomic mass is 16.5. The molecule has 3 heteroatoms. The van der Waals surface area contributed by atoms with Crippen molar-refractivity contribution >= 4 is 0 Å². The molecule has 66 valence electrons. The van der Waals surface area contributed by atoms with Crippen molar-refractivity contribution in [1.82, 2.24) is 5.32 Å². The molecule has 3 nitrogen and oxygen atoms in total. The van der Waals surface area contributed by atoms with E-state index in [4.69, 9.17) is 9.84 Å². The molecule has 0 unspecified atom stereocenters. The van der Waals surface area contributed by atoms with Gasteiger partial charge in [-0.2, -0.15) is 0 Å². The van der Waals surface area contributed by atoms with Crippen molar-refractivity contribution in [1.29, 1.82) is 0 Å². The fourth-order valence-corrected chi connectivity index (χ4v) is 1.07. The number of nitrogens with one attached hydrogen (secondary N) is 1. The monoisotopic (exact) mass is 159 g/mol. The minimum absolute atomic E-state index is 0.0666. The molecule has 1 aliphatic rings. The lowest BCUT2D eigenvalue weighted by Gasteiger charge is -2.13. The first kappa shape index (κ1) is 8.97. The summed E-state index contributed by atoms with van der Waals surface area (Å²) in [6, 6.07) is 0. The van der Waals surface area contributed by atoms with Gasteiger partial charge in [0, 0.05) is 18.7 Å². The lowest BCUT2D eigenvalue weighted by atomic mass is 10.3. The summed E-state index contributed by atoms with van der Waals surface area (Å²) in [7, 11) is 0. The highest BCUT2D eigenvalue weighted by Gasteiger charge is 2.41. The van der Waals surface area contributed by atoms with Crippen molar-refractivity contribution in [2.75, 3.05) is 26.4 Å². The molecule has 0 amide bonds. The van der Waals surface area contributed by atoms with E-state index in [0.29, 0.717) is 0 Å². The molecule has 11 heavy (non-hydrogen) atoms. The van der Waals surface area contributed by atoms with E-state index in [1.54, 1.807) is 0 Å². The van der Waals surface area contributed by atoms with Crippen molar-refractivity contribution in [3.63, 3.8) is 0 Å². The molecule has 0 aromatic heterocycles. The van der Waals surface area contributed by atoms with E-state index in [2.05, 4.69) is 5.32 Å². The lowest BCUT2D eigenvalue weighted by molar-refractivity contribution is 0.139. The maximum absolute atomic E-state index is 8.91. The van der Waals surface area contributed by atoms with Gasteiger partial charge in [-0.25, -0.2) is 0 Å².